The topological polar surface area (TPSA) is 82.1 Å². The summed E-state index contributed by atoms with van der Waals surface area (Å²) in [5, 5.41) is 21.3. The van der Waals surface area contributed by atoms with E-state index in [-0.39, 0.29) is 5.75 Å². The van der Waals surface area contributed by atoms with E-state index in [4.69, 9.17) is 11.0 Å². The zero-order chi connectivity index (χ0) is 14.4. The normalized spacial score (nSPS) is 9.95. The molecule has 0 fully saturated rings. The average molecular weight is 267 g/mol. The largest absolute Gasteiger partial charge is 0.508 e. The molecule has 2 rings (SSSR count). The van der Waals surface area contributed by atoms with Crippen molar-refractivity contribution in [2.24, 2.45) is 0 Å². The number of hydrogen-bond acceptors (Lipinski definition) is 4. The molecule has 0 saturated carbocycles. The number of rotatable bonds is 5. The first-order chi connectivity index (χ1) is 9.69. The minimum Gasteiger partial charge on any atom is -0.508 e. The quantitative estimate of drug-likeness (QED) is 0.727. The zero-order valence-corrected chi connectivity index (χ0v) is 11.1. The predicted molar refractivity (Wildman–Crippen MR) is 80.5 cm³/mol. The van der Waals surface area contributed by atoms with Gasteiger partial charge >= 0.3 is 0 Å². The lowest BCUT2D eigenvalue weighted by Gasteiger charge is -2.09. The Hall–Kier alpha value is -2.67. The van der Waals surface area contributed by atoms with Crippen LogP contribution in [0.25, 0.3) is 0 Å². The van der Waals surface area contributed by atoms with Crippen LogP contribution in [0.3, 0.4) is 0 Å². The molecule has 0 aromatic heterocycles. The van der Waals surface area contributed by atoms with Crippen LogP contribution in [0.5, 0.6) is 5.75 Å². The molecule has 0 amide bonds. The van der Waals surface area contributed by atoms with Crippen molar-refractivity contribution in [3.05, 3.63) is 53.6 Å². The van der Waals surface area contributed by atoms with E-state index in [0.717, 1.165) is 29.8 Å². The molecule has 0 unspecified atom stereocenters. The van der Waals surface area contributed by atoms with Gasteiger partial charge in [-0.1, -0.05) is 12.1 Å². The number of aromatic hydroxyl groups is 1. The summed E-state index contributed by atoms with van der Waals surface area (Å²) < 4.78 is 0. The smallest absolute Gasteiger partial charge is 0.115 e. The highest BCUT2D eigenvalue weighted by Gasteiger charge is 2.01. The molecule has 2 aromatic rings. The Bertz CT molecular complexity index is 615. The van der Waals surface area contributed by atoms with Gasteiger partial charge in [0.2, 0.25) is 0 Å². The summed E-state index contributed by atoms with van der Waals surface area (Å²) in [6, 6.07) is 14.9. The SMILES string of the molecule is N#CCc1cc(NCCc2ccc(O)cc2)ccc1N. The van der Waals surface area contributed by atoms with E-state index >= 15 is 0 Å². The number of nitrogen functional groups attached to an aromatic ring is 1. The first kappa shape index (κ1) is 13.8. The van der Waals surface area contributed by atoms with E-state index in [1.165, 1.54) is 0 Å². The van der Waals surface area contributed by atoms with Crippen molar-refractivity contribution in [1.82, 2.24) is 0 Å². The fourth-order valence-corrected chi connectivity index (χ4v) is 1.97. The maximum atomic E-state index is 9.21. The molecule has 0 saturated heterocycles. The van der Waals surface area contributed by atoms with Gasteiger partial charge in [-0.2, -0.15) is 5.26 Å². The minimum absolute atomic E-state index is 0.279. The summed E-state index contributed by atoms with van der Waals surface area (Å²) >= 11 is 0. The van der Waals surface area contributed by atoms with Gasteiger partial charge in [-0.05, 0) is 47.9 Å². The van der Waals surface area contributed by atoms with E-state index in [1.54, 1.807) is 12.1 Å². The molecule has 20 heavy (non-hydrogen) atoms. The van der Waals surface area contributed by atoms with Gasteiger partial charge in [-0.25, -0.2) is 0 Å². The minimum atomic E-state index is 0.279. The monoisotopic (exact) mass is 267 g/mol. The fraction of sp³-hybridized carbons (Fsp3) is 0.188. The summed E-state index contributed by atoms with van der Waals surface area (Å²) in [7, 11) is 0. The first-order valence-corrected chi connectivity index (χ1v) is 6.46. The first-order valence-electron chi connectivity index (χ1n) is 6.46. The molecule has 0 heterocycles. The molecule has 102 valence electrons. The molecule has 4 heteroatoms. The van der Waals surface area contributed by atoms with Crippen LogP contribution < -0.4 is 11.1 Å². The maximum Gasteiger partial charge on any atom is 0.115 e. The van der Waals surface area contributed by atoms with Crippen LogP contribution in [-0.2, 0) is 12.8 Å². The third-order valence-electron chi connectivity index (χ3n) is 3.09. The number of nitrogens with two attached hydrogens (primary N) is 1. The summed E-state index contributed by atoms with van der Waals surface area (Å²) in [5.41, 5.74) is 9.42. The Kier molecular flexibility index (Phi) is 4.46. The Balaban J connectivity index is 1.92. The molecule has 0 atom stereocenters. The lowest BCUT2D eigenvalue weighted by Crippen LogP contribution is -2.05. The molecule has 2 aromatic carbocycles. The van der Waals surface area contributed by atoms with Crippen LogP contribution in [0, 0.1) is 11.3 Å². The molecule has 0 spiro atoms. The predicted octanol–water partition coefficient (Wildman–Crippen LogP) is 2.70. The number of anilines is 2. The average Bonchev–Trinajstić information content (AvgIpc) is 2.45. The molecule has 4 nitrogen and oxygen atoms in total. The summed E-state index contributed by atoms with van der Waals surface area (Å²) in [6.07, 6.45) is 1.18. The highest BCUT2D eigenvalue weighted by atomic mass is 16.3. The van der Waals surface area contributed by atoms with Gasteiger partial charge in [-0.3, -0.25) is 0 Å². The van der Waals surface area contributed by atoms with Crippen molar-refractivity contribution in [2.45, 2.75) is 12.8 Å². The molecular weight excluding hydrogens is 250 g/mol. The second-order valence-corrected chi connectivity index (χ2v) is 4.59. The van der Waals surface area contributed by atoms with Crippen LogP contribution in [-0.4, -0.2) is 11.7 Å². The van der Waals surface area contributed by atoms with E-state index in [1.807, 2.05) is 30.3 Å². The molecule has 0 aliphatic heterocycles. The molecular formula is C16H17N3O. The molecule has 0 radical (unpaired) electrons. The highest BCUT2D eigenvalue weighted by Crippen LogP contribution is 2.18. The van der Waals surface area contributed by atoms with Gasteiger partial charge in [0, 0.05) is 17.9 Å². The number of nitrogens with zero attached hydrogens (tertiary/aromatic N) is 1. The van der Waals surface area contributed by atoms with E-state index < -0.39 is 0 Å². The molecule has 4 N–H and O–H groups in total. The molecule has 0 aliphatic rings. The summed E-state index contributed by atoms with van der Waals surface area (Å²) in [5.74, 6) is 0.279. The Labute approximate surface area is 118 Å². The van der Waals surface area contributed by atoms with Crippen LogP contribution >= 0.6 is 0 Å². The van der Waals surface area contributed by atoms with E-state index in [9.17, 15) is 5.11 Å². The maximum absolute atomic E-state index is 9.21. The third kappa shape index (κ3) is 3.66. The van der Waals surface area contributed by atoms with Crippen molar-refractivity contribution >= 4 is 11.4 Å². The van der Waals surface area contributed by atoms with Crippen molar-refractivity contribution in [3.63, 3.8) is 0 Å². The van der Waals surface area contributed by atoms with Gasteiger partial charge in [0.1, 0.15) is 5.75 Å². The Morgan fingerprint density at radius 1 is 1.15 bits per heavy atom. The highest BCUT2D eigenvalue weighted by molar-refractivity contribution is 5.58. The van der Waals surface area contributed by atoms with Crippen molar-refractivity contribution in [3.8, 4) is 11.8 Å². The van der Waals surface area contributed by atoms with Gasteiger partial charge in [-0.15, -0.1) is 0 Å². The van der Waals surface area contributed by atoms with Crippen LogP contribution in [0.4, 0.5) is 11.4 Å². The van der Waals surface area contributed by atoms with Gasteiger partial charge in [0.05, 0.1) is 12.5 Å². The lowest BCUT2D eigenvalue weighted by molar-refractivity contribution is 0.475. The number of phenols is 1. The van der Waals surface area contributed by atoms with E-state index in [0.29, 0.717) is 12.1 Å². The standard InChI is InChI=1S/C16H17N3O/c17-9-7-13-11-14(3-6-16(13)18)19-10-8-12-1-4-15(20)5-2-12/h1-6,11,19-20H,7-8,10,18H2. The number of nitriles is 1. The van der Waals surface area contributed by atoms with Gasteiger partial charge in [0.15, 0.2) is 0 Å². The summed E-state index contributed by atoms with van der Waals surface area (Å²) in [6.45, 7) is 0.778. The number of nitrogens with one attached hydrogen (secondary N) is 1. The molecule has 0 bridgehead atoms. The Morgan fingerprint density at radius 2 is 1.90 bits per heavy atom. The Morgan fingerprint density at radius 3 is 2.60 bits per heavy atom. The van der Waals surface area contributed by atoms with Crippen LogP contribution in [0.2, 0.25) is 0 Å². The third-order valence-corrected chi connectivity index (χ3v) is 3.09. The fourth-order valence-electron chi connectivity index (χ4n) is 1.97. The number of benzene rings is 2. The summed E-state index contributed by atoms with van der Waals surface area (Å²) in [4.78, 5) is 0. The van der Waals surface area contributed by atoms with Crippen LogP contribution in [0.15, 0.2) is 42.5 Å². The second-order valence-electron chi connectivity index (χ2n) is 4.59. The van der Waals surface area contributed by atoms with Crippen LogP contribution in [0.1, 0.15) is 11.1 Å². The van der Waals surface area contributed by atoms with E-state index in [2.05, 4.69) is 11.4 Å². The lowest BCUT2D eigenvalue weighted by atomic mass is 10.1. The number of hydrogen-bond donors (Lipinski definition) is 3. The van der Waals surface area contributed by atoms with Crippen molar-refractivity contribution in [2.75, 3.05) is 17.6 Å². The van der Waals surface area contributed by atoms with Crippen molar-refractivity contribution < 1.29 is 5.11 Å². The van der Waals surface area contributed by atoms with Gasteiger partial charge in [0.25, 0.3) is 0 Å². The molecule has 0 aliphatic carbocycles. The van der Waals surface area contributed by atoms with Gasteiger partial charge < -0.3 is 16.2 Å². The number of phenolic OH excluding ortho intramolecular Hbond substituents is 1. The zero-order valence-electron chi connectivity index (χ0n) is 11.1. The van der Waals surface area contributed by atoms with Crippen molar-refractivity contribution in [1.29, 1.82) is 5.26 Å². The second kappa shape index (κ2) is 6.48.